The second-order valence-electron chi connectivity index (χ2n) is 7.23. The van der Waals surface area contributed by atoms with Crippen LogP contribution in [0.4, 0.5) is 16.4 Å². The second-order valence-corrected chi connectivity index (χ2v) is 7.23. The Morgan fingerprint density at radius 3 is 3.00 bits per heavy atom. The Balaban J connectivity index is 1.37. The van der Waals surface area contributed by atoms with E-state index in [1.165, 1.54) is 0 Å². The number of hydrogen-bond donors (Lipinski definition) is 4. The lowest BCUT2D eigenvalue weighted by molar-refractivity contribution is 0.0981. The van der Waals surface area contributed by atoms with Crippen LogP contribution in [0, 0.1) is 0 Å². The molecule has 3 aromatic rings. The van der Waals surface area contributed by atoms with Crippen LogP contribution in [0.25, 0.3) is 11.2 Å². The van der Waals surface area contributed by atoms with Gasteiger partial charge in [0.15, 0.2) is 17.0 Å². The van der Waals surface area contributed by atoms with Gasteiger partial charge in [-0.05, 0) is 45.2 Å². The molecule has 28 heavy (non-hydrogen) atoms. The first-order valence-electron chi connectivity index (χ1n) is 9.25. The minimum absolute atomic E-state index is 0.0543. The highest BCUT2D eigenvalue weighted by atomic mass is 16.6. The fourth-order valence-electron chi connectivity index (χ4n) is 3.40. The summed E-state index contributed by atoms with van der Waals surface area (Å²) >= 11 is 0. The van der Waals surface area contributed by atoms with Gasteiger partial charge < -0.3 is 19.8 Å². The minimum atomic E-state index is -0.540. The molecule has 1 fully saturated rings. The van der Waals surface area contributed by atoms with Crippen LogP contribution in [-0.2, 0) is 4.74 Å². The van der Waals surface area contributed by atoms with Crippen molar-refractivity contribution in [1.82, 2.24) is 25.5 Å². The summed E-state index contributed by atoms with van der Waals surface area (Å²) in [4.78, 5) is 29.8. The first-order valence-corrected chi connectivity index (χ1v) is 9.25. The van der Waals surface area contributed by atoms with Gasteiger partial charge in [0.2, 0.25) is 0 Å². The van der Waals surface area contributed by atoms with Crippen molar-refractivity contribution >= 4 is 29.0 Å². The largest absolute Gasteiger partial charge is 0.446 e. The lowest BCUT2D eigenvalue weighted by Crippen LogP contribution is -2.33. The number of nitrogens with zero attached hydrogens (tertiary/aromatic N) is 2. The number of nitrogens with one attached hydrogen (secondary N) is 4. The molecule has 0 spiro atoms. The van der Waals surface area contributed by atoms with E-state index in [1.807, 2.05) is 19.9 Å². The van der Waals surface area contributed by atoms with Crippen LogP contribution >= 0.6 is 0 Å². The summed E-state index contributed by atoms with van der Waals surface area (Å²) in [7, 11) is 0. The molecule has 4 N–H and O–H groups in total. The average Bonchev–Trinajstić information content (AvgIpc) is 3.32. The molecule has 0 aliphatic heterocycles. The maximum atomic E-state index is 11.8. The van der Waals surface area contributed by atoms with Crippen molar-refractivity contribution in [3.63, 3.8) is 0 Å². The van der Waals surface area contributed by atoms with E-state index in [-0.39, 0.29) is 24.2 Å². The molecule has 10 heteroatoms. The summed E-state index contributed by atoms with van der Waals surface area (Å²) in [6, 6.07) is 5.35. The topological polar surface area (TPSA) is 138 Å². The molecule has 0 unspecified atom stereocenters. The molecule has 4 rings (SSSR count). The quantitative estimate of drug-likeness (QED) is 0.529. The zero-order chi connectivity index (χ0) is 19.7. The van der Waals surface area contributed by atoms with E-state index in [1.54, 1.807) is 12.1 Å². The smallest absolute Gasteiger partial charge is 0.418 e. The Hall–Kier alpha value is -3.30. The maximum Gasteiger partial charge on any atom is 0.418 e. The van der Waals surface area contributed by atoms with Crippen molar-refractivity contribution in [3.05, 3.63) is 34.4 Å². The Morgan fingerprint density at radius 2 is 2.18 bits per heavy atom. The van der Waals surface area contributed by atoms with Gasteiger partial charge in [0.25, 0.3) is 0 Å². The molecule has 0 saturated heterocycles. The van der Waals surface area contributed by atoms with Gasteiger partial charge in [0.05, 0.1) is 0 Å². The van der Waals surface area contributed by atoms with Crippen molar-refractivity contribution in [3.8, 4) is 0 Å². The van der Waals surface area contributed by atoms with Gasteiger partial charge in [-0.15, -0.1) is 0 Å². The van der Waals surface area contributed by atoms with Crippen LogP contribution in [-0.4, -0.2) is 38.4 Å². The summed E-state index contributed by atoms with van der Waals surface area (Å²) in [6.45, 7) is 3.79. The highest BCUT2D eigenvalue weighted by molar-refractivity contribution is 5.71. The number of ether oxygens (including phenoxy) is 1. The molecule has 3 aromatic heterocycles. The summed E-state index contributed by atoms with van der Waals surface area (Å²) < 4.78 is 10.4. The molecule has 1 aliphatic carbocycles. The number of H-pyrrole nitrogens is 2. The van der Waals surface area contributed by atoms with Gasteiger partial charge in [-0.1, -0.05) is 0 Å². The molecule has 10 nitrogen and oxygen atoms in total. The number of amides is 1. The van der Waals surface area contributed by atoms with E-state index in [0.717, 1.165) is 25.0 Å². The van der Waals surface area contributed by atoms with Gasteiger partial charge in [-0.25, -0.2) is 14.6 Å². The molecule has 148 valence electrons. The number of fused-ring (bicyclic) bond motifs is 1. The predicted molar refractivity (Wildman–Crippen MR) is 102 cm³/mol. The molecule has 1 saturated carbocycles. The number of rotatable bonds is 5. The normalized spacial score (nSPS) is 19.2. The molecule has 0 aromatic carbocycles. The van der Waals surface area contributed by atoms with Crippen molar-refractivity contribution in [1.29, 1.82) is 0 Å². The molecule has 1 aliphatic rings. The van der Waals surface area contributed by atoms with E-state index in [2.05, 4.69) is 30.8 Å². The molecule has 2 atom stereocenters. The molecule has 0 radical (unpaired) electrons. The highest BCUT2D eigenvalue weighted by Gasteiger charge is 2.30. The van der Waals surface area contributed by atoms with Gasteiger partial charge >= 0.3 is 11.8 Å². The first kappa shape index (κ1) is 18.1. The molecular weight excluding hydrogens is 364 g/mol. The first-order chi connectivity index (χ1) is 13.5. The molecule has 0 bridgehead atoms. The Labute approximate surface area is 160 Å². The van der Waals surface area contributed by atoms with Crippen LogP contribution < -0.4 is 16.4 Å². The van der Waals surface area contributed by atoms with Crippen LogP contribution in [0.5, 0.6) is 0 Å². The van der Waals surface area contributed by atoms with Gasteiger partial charge in [-0.2, -0.15) is 5.10 Å². The lowest BCUT2D eigenvalue weighted by atomic mass is 10.0. The SMILES string of the molecule is CC(C)NC(=O)O[C@@H]1CC[C@H](c2cc(Nc3ccc4oc(=O)[nH]c4n3)n[nH]2)C1. The van der Waals surface area contributed by atoms with E-state index in [4.69, 9.17) is 9.15 Å². The number of aromatic nitrogens is 4. The fraction of sp³-hybridized carbons (Fsp3) is 0.444. The summed E-state index contributed by atoms with van der Waals surface area (Å²) in [6.07, 6.45) is 2.04. The van der Waals surface area contributed by atoms with Crippen molar-refractivity contribution in [2.24, 2.45) is 0 Å². The number of aromatic amines is 2. The second kappa shape index (κ2) is 7.37. The van der Waals surface area contributed by atoms with Crippen LogP contribution in [0.2, 0.25) is 0 Å². The van der Waals surface area contributed by atoms with Crippen molar-refractivity contribution in [2.75, 3.05) is 5.32 Å². The van der Waals surface area contributed by atoms with Gasteiger partial charge in [-0.3, -0.25) is 10.1 Å². The molecule has 3 heterocycles. The minimum Gasteiger partial charge on any atom is -0.446 e. The zero-order valence-electron chi connectivity index (χ0n) is 15.6. The summed E-state index contributed by atoms with van der Waals surface area (Å²) in [5, 5.41) is 13.2. The molecule has 1 amide bonds. The van der Waals surface area contributed by atoms with E-state index in [0.29, 0.717) is 22.9 Å². The molecular formula is C18H22N6O4. The van der Waals surface area contributed by atoms with E-state index < -0.39 is 5.76 Å². The summed E-state index contributed by atoms with van der Waals surface area (Å²) in [5.41, 5.74) is 1.76. The number of oxazole rings is 1. The number of pyridine rings is 1. The van der Waals surface area contributed by atoms with Gasteiger partial charge in [0, 0.05) is 23.7 Å². The number of anilines is 2. The third-order valence-corrected chi connectivity index (χ3v) is 4.64. The van der Waals surface area contributed by atoms with Crippen LogP contribution in [0.1, 0.15) is 44.7 Å². The number of alkyl carbamates (subject to hydrolysis) is 1. The summed E-state index contributed by atoms with van der Waals surface area (Å²) in [5.74, 6) is 0.873. The monoisotopic (exact) mass is 386 g/mol. The van der Waals surface area contributed by atoms with E-state index in [9.17, 15) is 9.59 Å². The number of carbonyl (C=O) groups excluding carboxylic acids is 1. The lowest BCUT2D eigenvalue weighted by Gasteiger charge is -2.14. The predicted octanol–water partition coefficient (Wildman–Crippen LogP) is 2.75. The number of carbonyl (C=O) groups is 1. The highest BCUT2D eigenvalue weighted by Crippen LogP contribution is 2.36. The Morgan fingerprint density at radius 1 is 1.32 bits per heavy atom. The third kappa shape index (κ3) is 4.00. The van der Waals surface area contributed by atoms with Crippen LogP contribution in [0.15, 0.2) is 27.4 Å². The Kier molecular flexibility index (Phi) is 4.76. The van der Waals surface area contributed by atoms with Gasteiger partial charge in [0.1, 0.15) is 11.9 Å². The van der Waals surface area contributed by atoms with Crippen molar-refractivity contribution < 1.29 is 13.9 Å². The van der Waals surface area contributed by atoms with Crippen LogP contribution in [0.3, 0.4) is 0 Å². The maximum absolute atomic E-state index is 11.8. The fourth-order valence-corrected chi connectivity index (χ4v) is 3.40. The third-order valence-electron chi connectivity index (χ3n) is 4.64. The average molecular weight is 386 g/mol. The van der Waals surface area contributed by atoms with Crippen molar-refractivity contribution in [2.45, 2.75) is 51.2 Å². The van der Waals surface area contributed by atoms with E-state index >= 15 is 0 Å². The number of hydrogen-bond acceptors (Lipinski definition) is 7. The zero-order valence-corrected chi connectivity index (χ0v) is 15.6. The Bertz CT molecular complexity index is 1040. The standard InChI is InChI=1S/C18H22N6O4/c1-9(2)19-17(25)27-11-4-3-10(7-11)12-8-15(24-23-12)20-14-6-5-13-16(21-14)22-18(26)28-13/h5-6,8-11H,3-4,7H2,1-2H3,(H,19,25)(H3,20,21,22,23,24,26)/t10-,11+/m0/s1.